The zero-order valence-electron chi connectivity index (χ0n) is 41.0. The Bertz CT molecular complexity index is 3020. The Morgan fingerprint density at radius 2 is 0.863 bits per heavy atom. The van der Waals surface area contributed by atoms with Gasteiger partial charge >= 0.3 is 11.9 Å². The zero-order chi connectivity index (χ0) is 51.2. The SMILES string of the molecule is CCOC(=O)c1nn(-c2ccc(OC)cc2)c2c1CCN(c1ccc(N3CCCCC3=O)cc1)C2=O.COc1ccc(-n2nc(C(=O)OCCO)c3c2C(=O)N(c2ccc(N4CCCCC4=O)cc2)CC3)cc1. The molecule has 378 valence electrons. The first-order valence-corrected chi connectivity index (χ1v) is 24.5. The van der Waals surface area contributed by atoms with Crippen LogP contribution >= 0.6 is 0 Å². The Morgan fingerprint density at radius 1 is 0.493 bits per heavy atom. The molecule has 4 aliphatic rings. The van der Waals surface area contributed by atoms with Crippen LogP contribution in [0.25, 0.3) is 11.4 Å². The highest BCUT2D eigenvalue weighted by atomic mass is 16.5. The molecule has 73 heavy (non-hydrogen) atoms. The van der Waals surface area contributed by atoms with Crippen molar-refractivity contribution < 1.29 is 52.8 Å². The molecule has 4 amide bonds. The van der Waals surface area contributed by atoms with Gasteiger partial charge in [-0.1, -0.05) is 0 Å². The highest BCUT2D eigenvalue weighted by molar-refractivity contribution is 6.10. The van der Waals surface area contributed by atoms with E-state index < -0.39 is 11.9 Å². The van der Waals surface area contributed by atoms with Gasteiger partial charge in [-0.25, -0.2) is 19.0 Å². The summed E-state index contributed by atoms with van der Waals surface area (Å²) in [6.07, 6.45) is 5.76. The van der Waals surface area contributed by atoms with Crippen LogP contribution in [-0.2, 0) is 31.9 Å². The van der Waals surface area contributed by atoms with Gasteiger partial charge in [0.25, 0.3) is 11.8 Å². The van der Waals surface area contributed by atoms with Gasteiger partial charge in [0.2, 0.25) is 11.8 Å². The second-order valence-electron chi connectivity index (χ2n) is 17.6. The molecule has 0 saturated carbocycles. The number of nitrogens with zero attached hydrogens (tertiary/aromatic N) is 8. The largest absolute Gasteiger partial charge is 0.497 e. The van der Waals surface area contributed by atoms with Gasteiger partial charge in [0.1, 0.15) is 29.5 Å². The van der Waals surface area contributed by atoms with Gasteiger partial charge in [-0.3, -0.25) is 19.2 Å². The van der Waals surface area contributed by atoms with E-state index in [9.17, 15) is 28.8 Å². The molecule has 19 heteroatoms. The molecule has 0 radical (unpaired) electrons. The molecule has 0 unspecified atom stereocenters. The lowest BCUT2D eigenvalue weighted by atomic mass is 10.0. The van der Waals surface area contributed by atoms with Crippen LogP contribution in [-0.4, -0.2) is 120 Å². The third-order valence-electron chi connectivity index (χ3n) is 13.2. The molecular weight excluding hydrogens is 937 g/mol. The minimum atomic E-state index is -0.686. The summed E-state index contributed by atoms with van der Waals surface area (Å²) in [7, 11) is 3.14. The van der Waals surface area contributed by atoms with E-state index >= 15 is 0 Å². The maximum Gasteiger partial charge on any atom is 0.359 e. The number of anilines is 4. The fourth-order valence-corrected chi connectivity index (χ4v) is 9.55. The van der Waals surface area contributed by atoms with Crippen molar-refractivity contribution >= 4 is 58.3 Å². The summed E-state index contributed by atoms with van der Waals surface area (Å²) in [6, 6.07) is 29.0. The van der Waals surface area contributed by atoms with Crippen LogP contribution in [0.5, 0.6) is 11.5 Å². The van der Waals surface area contributed by atoms with E-state index in [1.54, 1.807) is 89.3 Å². The van der Waals surface area contributed by atoms with Gasteiger partial charge in [-0.2, -0.15) is 10.2 Å². The average molecular weight is 993 g/mol. The van der Waals surface area contributed by atoms with Crippen molar-refractivity contribution in [3.8, 4) is 22.9 Å². The smallest absolute Gasteiger partial charge is 0.359 e. The number of fused-ring (bicyclic) bond motifs is 2. The molecule has 2 saturated heterocycles. The fraction of sp³-hybridized carbons (Fsp3) is 0.333. The second kappa shape index (κ2) is 22.0. The van der Waals surface area contributed by atoms with Crippen molar-refractivity contribution in [2.45, 2.75) is 58.3 Å². The summed E-state index contributed by atoms with van der Waals surface area (Å²) in [6.45, 7) is 3.64. The molecule has 6 aromatic rings. The quantitative estimate of drug-likeness (QED) is 0.122. The lowest BCUT2D eigenvalue weighted by Gasteiger charge is -2.29. The zero-order valence-corrected chi connectivity index (χ0v) is 41.0. The van der Waals surface area contributed by atoms with E-state index in [0.717, 1.165) is 42.7 Å². The molecule has 19 nitrogen and oxygen atoms in total. The van der Waals surface area contributed by atoms with Crippen LogP contribution in [0.1, 0.15) is 98.5 Å². The number of carbonyl (C=O) groups is 6. The molecule has 0 atom stereocenters. The van der Waals surface area contributed by atoms with Gasteiger partial charge in [0.15, 0.2) is 11.4 Å². The van der Waals surface area contributed by atoms with Crippen LogP contribution in [0, 0.1) is 0 Å². The molecule has 4 aliphatic heterocycles. The van der Waals surface area contributed by atoms with E-state index in [1.165, 1.54) is 9.36 Å². The number of ether oxygens (including phenoxy) is 4. The third kappa shape index (κ3) is 10.1. The van der Waals surface area contributed by atoms with Gasteiger partial charge in [-0.05, 0) is 143 Å². The number of piperidine rings is 2. The maximum atomic E-state index is 13.8. The summed E-state index contributed by atoms with van der Waals surface area (Å²) in [5, 5.41) is 18.0. The van der Waals surface area contributed by atoms with Crippen LogP contribution in [0.4, 0.5) is 22.7 Å². The van der Waals surface area contributed by atoms with E-state index in [0.29, 0.717) is 97.2 Å². The number of carbonyl (C=O) groups excluding carboxylic acids is 6. The van der Waals surface area contributed by atoms with Crippen LogP contribution in [0.15, 0.2) is 97.1 Å². The Labute approximate surface area is 421 Å². The van der Waals surface area contributed by atoms with Crippen molar-refractivity contribution in [2.75, 3.05) is 79.8 Å². The van der Waals surface area contributed by atoms with Crippen molar-refractivity contribution in [3.05, 3.63) is 131 Å². The molecule has 6 heterocycles. The van der Waals surface area contributed by atoms with Gasteiger partial charge in [0, 0.05) is 72.9 Å². The first kappa shape index (κ1) is 49.7. The van der Waals surface area contributed by atoms with Gasteiger partial charge in [-0.15, -0.1) is 0 Å². The Kier molecular flexibility index (Phi) is 15.0. The third-order valence-corrected chi connectivity index (χ3v) is 13.2. The van der Waals surface area contributed by atoms with Crippen LogP contribution in [0.3, 0.4) is 0 Å². The van der Waals surface area contributed by atoms with E-state index in [2.05, 4.69) is 10.2 Å². The molecule has 0 spiro atoms. The molecule has 0 aliphatic carbocycles. The normalized spacial score (nSPS) is 15.6. The van der Waals surface area contributed by atoms with Crippen LogP contribution in [0.2, 0.25) is 0 Å². The lowest BCUT2D eigenvalue weighted by molar-refractivity contribution is -0.120. The summed E-state index contributed by atoms with van der Waals surface area (Å²) in [4.78, 5) is 84.5. The van der Waals surface area contributed by atoms with Crippen molar-refractivity contribution in [1.29, 1.82) is 0 Å². The number of aliphatic hydroxyl groups is 1. The number of amides is 4. The number of methoxy groups -OCH3 is 2. The maximum absolute atomic E-state index is 13.8. The highest BCUT2D eigenvalue weighted by Crippen LogP contribution is 2.34. The molecule has 4 aromatic carbocycles. The first-order valence-electron chi connectivity index (χ1n) is 24.5. The molecule has 2 fully saturated rings. The Balaban J connectivity index is 0.000000180. The van der Waals surface area contributed by atoms with Crippen molar-refractivity contribution in [3.63, 3.8) is 0 Å². The molecule has 2 aromatic heterocycles. The second-order valence-corrected chi connectivity index (χ2v) is 17.6. The standard InChI is InChI=1S/C27H28N4O6.C27H28N4O5/c1-36-21-11-9-20(10-12-21)31-25-22(24(28-31)27(35)37-17-16-32)13-15-30(26(25)34)19-7-5-18(6-8-19)29-14-3-2-4-23(29)33;1-3-36-27(34)24-22-15-17-30(19-9-7-18(8-10-19)29-16-5-4-6-23(29)32)26(33)25(22)31(28-24)20-11-13-21(35-2)14-12-20/h5-12,32H,2-4,13-17H2,1H3;7-14H,3-6,15-17H2,1-2H3. The Morgan fingerprint density at radius 3 is 1.22 bits per heavy atom. The molecule has 0 bridgehead atoms. The predicted octanol–water partition coefficient (Wildman–Crippen LogP) is 6.53. The average Bonchev–Trinajstić information content (AvgIpc) is 4.02. The van der Waals surface area contributed by atoms with E-state index in [4.69, 9.17) is 24.1 Å². The summed E-state index contributed by atoms with van der Waals surface area (Å²) < 4.78 is 23.8. The number of benzene rings is 4. The minimum absolute atomic E-state index is 0.0613. The fourth-order valence-electron chi connectivity index (χ4n) is 9.55. The van der Waals surface area contributed by atoms with Crippen LogP contribution < -0.4 is 29.1 Å². The number of esters is 2. The molecule has 1 N–H and O–H groups in total. The number of rotatable bonds is 13. The number of aliphatic hydroxyl groups excluding tert-OH is 1. The van der Waals surface area contributed by atoms with Gasteiger partial charge in [0.05, 0.1) is 38.8 Å². The Hall–Kier alpha value is -8.32. The number of aromatic nitrogens is 4. The summed E-state index contributed by atoms with van der Waals surface area (Å²) in [5.41, 5.74) is 6.22. The minimum Gasteiger partial charge on any atom is -0.497 e. The highest BCUT2D eigenvalue weighted by Gasteiger charge is 2.38. The van der Waals surface area contributed by atoms with Crippen molar-refractivity contribution in [2.24, 2.45) is 0 Å². The summed E-state index contributed by atoms with van der Waals surface area (Å²) >= 11 is 0. The lowest BCUT2D eigenvalue weighted by Crippen LogP contribution is -2.39. The van der Waals surface area contributed by atoms with E-state index in [-0.39, 0.29) is 60.5 Å². The van der Waals surface area contributed by atoms with E-state index in [1.807, 2.05) is 48.5 Å². The predicted molar refractivity (Wildman–Crippen MR) is 270 cm³/mol. The van der Waals surface area contributed by atoms with Crippen molar-refractivity contribution in [1.82, 2.24) is 19.6 Å². The molecule has 10 rings (SSSR count). The number of hydrogen-bond acceptors (Lipinski definition) is 13. The topological polar surface area (TPSA) is 208 Å². The monoisotopic (exact) mass is 992 g/mol. The number of hydrogen-bond donors (Lipinski definition) is 1. The first-order chi connectivity index (χ1) is 35.5. The summed E-state index contributed by atoms with van der Waals surface area (Å²) in [5.74, 6) is -0.223. The molecular formula is C54H56N8O11. The van der Waals surface area contributed by atoms with Gasteiger partial charge < -0.3 is 43.7 Å².